The van der Waals surface area contributed by atoms with Crippen LogP contribution in [0.2, 0.25) is 0 Å². The van der Waals surface area contributed by atoms with Crippen LogP contribution in [0.1, 0.15) is 12.5 Å². The fourth-order valence-corrected chi connectivity index (χ4v) is 1.71. The first kappa shape index (κ1) is 14.2. The summed E-state index contributed by atoms with van der Waals surface area (Å²) in [5.74, 6) is 0.400. The van der Waals surface area contributed by atoms with Gasteiger partial charge < -0.3 is 9.84 Å². The van der Waals surface area contributed by atoms with Crippen molar-refractivity contribution < 1.29 is 23.0 Å². The molecule has 20 heavy (non-hydrogen) atoms. The van der Waals surface area contributed by atoms with Crippen LogP contribution in [0.15, 0.2) is 36.5 Å². The third-order valence-corrected chi connectivity index (χ3v) is 2.59. The van der Waals surface area contributed by atoms with Crippen molar-refractivity contribution in [1.82, 2.24) is 4.98 Å². The Kier molecular flexibility index (Phi) is 3.83. The predicted octanol–water partition coefficient (Wildman–Crippen LogP) is 3.87. The molecule has 0 aliphatic carbocycles. The molecule has 106 valence electrons. The van der Waals surface area contributed by atoms with Crippen molar-refractivity contribution in [2.75, 3.05) is 6.61 Å². The molecule has 2 aromatic rings. The van der Waals surface area contributed by atoms with Gasteiger partial charge in [0.05, 0.1) is 17.9 Å². The number of rotatable bonds is 3. The number of benzene rings is 1. The van der Waals surface area contributed by atoms with Gasteiger partial charge in [-0.15, -0.1) is 0 Å². The van der Waals surface area contributed by atoms with Crippen molar-refractivity contribution in [2.45, 2.75) is 13.1 Å². The number of phenols is 1. The van der Waals surface area contributed by atoms with E-state index >= 15 is 0 Å². The van der Waals surface area contributed by atoms with Crippen molar-refractivity contribution in [1.29, 1.82) is 0 Å². The normalized spacial score (nSPS) is 11.4. The number of pyridine rings is 1. The van der Waals surface area contributed by atoms with E-state index in [0.29, 0.717) is 23.6 Å². The van der Waals surface area contributed by atoms with Crippen LogP contribution in [0, 0.1) is 0 Å². The summed E-state index contributed by atoms with van der Waals surface area (Å²) in [5, 5.41) is 9.58. The fraction of sp³-hybridized carbons (Fsp3) is 0.214. The molecule has 0 aliphatic rings. The largest absolute Gasteiger partial charge is 0.508 e. The molecule has 0 spiro atoms. The summed E-state index contributed by atoms with van der Waals surface area (Å²) in [6, 6.07) is 6.66. The van der Waals surface area contributed by atoms with Gasteiger partial charge in [0.2, 0.25) is 0 Å². The molecule has 1 aromatic heterocycles. The Morgan fingerprint density at radius 1 is 1.20 bits per heavy atom. The number of halogens is 3. The summed E-state index contributed by atoms with van der Waals surface area (Å²) in [7, 11) is 0. The van der Waals surface area contributed by atoms with Crippen LogP contribution in [0.3, 0.4) is 0 Å². The van der Waals surface area contributed by atoms with Crippen LogP contribution < -0.4 is 4.74 Å². The van der Waals surface area contributed by atoms with E-state index in [9.17, 15) is 18.3 Å². The first-order valence-corrected chi connectivity index (χ1v) is 5.90. The first-order chi connectivity index (χ1) is 9.40. The van der Waals surface area contributed by atoms with Crippen LogP contribution in [-0.4, -0.2) is 16.7 Å². The summed E-state index contributed by atoms with van der Waals surface area (Å²) >= 11 is 0. The topological polar surface area (TPSA) is 42.4 Å². The van der Waals surface area contributed by atoms with Crippen molar-refractivity contribution >= 4 is 0 Å². The van der Waals surface area contributed by atoms with Crippen molar-refractivity contribution in [3.8, 4) is 22.8 Å². The van der Waals surface area contributed by atoms with Crippen LogP contribution in [0.4, 0.5) is 13.2 Å². The lowest BCUT2D eigenvalue weighted by atomic mass is 10.1. The van der Waals surface area contributed by atoms with E-state index in [2.05, 4.69) is 4.98 Å². The van der Waals surface area contributed by atoms with Crippen molar-refractivity contribution in [2.24, 2.45) is 0 Å². The Morgan fingerprint density at radius 3 is 2.50 bits per heavy atom. The zero-order valence-corrected chi connectivity index (χ0v) is 10.6. The highest BCUT2D eigenvalue weighted by molar-refractivity contribution is 5.63. The van der Waals surface area contributed by atoms with E-state index in [1.54, 1.807) is 13.0 Å². The van der Waals surface area contributed by atoms with Gasteiger partial charge in [0.1, 0.15) is 11.5 Å². The average molecular weight is 283 g/mol. The van der Waals surface area contributed by atoms with Gasteiger partial charge in [-0.1, -0.05) is 0 Å². The zero-order valence-electron chi connectivity index (χ0n) is 10.6. The smallest absolute Gasteiger partial charge is 0.417 e. The summed E-state index contributed by atoms with van der Waals surface area (Å²) in [6.07, 6.45) is -3.65. The SMILES string of the molecule is CCOc1cc(O)cc(-c2ccc(C(F)(F)F)cn2)c1. The highest BCUT2D eigenvalue weighted by atomic mass is 19.4. The lowest BCUT2D eigenvalue weighted by Gasteiger charge is -2.09. The van der Waals surface area contributed by atoms with Crippen LogP contribution in [0.5, 0.6) is 11.5 Å². The van der Waals surface area contributed by atoms with E-state index < -0.39 is 11.7 Å². The number of alkyl halides is 3. The highest BCUT2D eigenvalue weighted by Crippen LogP contribution is 2.31. The molecule has 6 heteroatoms. The number of aromatic nitrogens is 1. The minimum Gasteiger partial charge on any atom is -0.508 e. The number of hydrogen-bond acceptors (Lipinski definition) is 3. The average Bonchev–Trinajstić information content (AvgIpc) is 2.37. The Hall–Kier alpha value is -2.24. The van der Waals surface area contributed by atoms with Gasteiger partial charge in [-0.2, -0.15) is 13.2 Å². The van der Waals surface area contributed by atoms with E-state index in [0.717, 1.165) is 12.3 Å². The number of ether oxygens (including phenoxy) is 1. The molecule has 0 aliphatic heterocycles. The van der Waals surface area contributed by atoms with Gasteiger partial charge in [-0.05, 0) is 31.2 Å². The van der Waals surface area contributed by atoms with Gasteiger partial charge in [-0.3, -0.25) is 4.98 Å². The molecule has 1 heterocycles. The van der Waals surface area contributed by atoms with Gasteiger partial charge in [-0.25, -0.2) is 0 Å². The quantitative estimate of drug-likeness (QED) is 0.929. The maximum Gasteiger partial charge on any atom is 0.417 e. The number of aromatic hydroxyl groups is 1. The lowest BCUT2D eigenvalue weighted by molar-refractivity contribution is -0.137. The second kappa shape index (κ2) is 5.40. The molecule has 0 atom stereocenters. The number of nitrogens with zero attached hydrogens (tertiary/aromatic N) is 1. The van der Waals surface area contributed by atoms with Crippen molar-refractivity contribution in [3.63, 3.8) is 0 Å². The maximum absolute atomic E-state index is 12.5. The van der Waals surface area contributed by atoms with Crippen molar-refractivity contribution in [3.05, 3.63) is 42.1 Å². The second-order valence-corrected chi connectivity index (χ2v) is 4.08. The molecular formula is C14H12F3NO2. The number of phenolic OH excluding ortho intramolecular Hbond substituents is 1. The molecule has 3 nitrogen and oxygen atoms in total. The van der Waals surface area contributed by atoms with Gasteiger partial charge in [0, 0.05) is 17.8 Å². The Bertz CT molecular complexity index is 594. The second-order valence-electron chi connectivity index (χ2n) is 4.08. The lowest BCUT2D eigenvalue weighted by Crippen LogP contribution is -2.05. The fourth-order valence-electron chi connectivity index (χ4n) is 1.71. The zero-order chi connectivity index (χ0) is 14.8. The monoisotopic (exact) mass is 283 g/mol. The van der Waals surface area contributed by atoms with Gasteiger partial charge in [0.25, 0.3) is 0 Å². The highest BCUT2D eigenvalue weighted by Gasteiger charge is 2.30. The molecule has 0 amide bonds. The minimum atomic E-state index is -4.42. The Morgan fingerprint density at radius 2 is 1.95 bits per heavy atom. The summed E-state index contributed by atoms with van der Waals surface area (Å²) in [5.41, 5.74) is 0.00321. The predicted molar refractivity (Wildman–Crippen MR) is 67.5 cm³/mol. The summed E-state index contributed by atoms with van der Waals surface area (Å²) in [6.45, 7) is 2.21. The Balaban J connectivity index is 2.36. The molecule has 0 radical (unpaired) electrons. The minimum absolute atomic E-state index is 0.0346. The third kappa shape index (κ3) is 3.20. The molecular weight excluding hydrogens is 271 g/mol. The standard InChI is InChI=1S/C14H12F3NO2/c1-2-20-12-6-9(5-11(19)7-12)13-4-3-10(8-18-13)14(15,16)17/h3-8,19H,2H2,1H3. The van der Waals surface area contributed by atoms with Crippen LogP contribution >= 0.6 is 0 Å². The third-order valence-electron chi connectivity index (χ3n) is 2.59. The molecule has 1 aromatic carbocycles. The molecule has 1 N–H and O–H groups in total. The molecule has 0 saturated carbocycles. The molecule has 0 bridgehead atoms. The van der Waals surface area contributed by atoms with E-state index in [1.165, 1.54) is 18.2 Å². The van der Waals surface area contributed by atoms with Crippen LogP contribution in [0.25, 0.3) is 11.3 Å². The van der Waals surface area contributed by atoms with E-state index in [1.807, 2.05) is 0 Å². The molecule has 0 fully saturated rings. The maximum atomic E-state index is 12.5. The van der Waals surface area contributed by atoms with Crippen LogP contribution in [-0.2, 0) is 6.18 Å². The summed E-state index contributed by atoms with van der Waals surface area (Å²) < 4.78 is 42.6. The van der Waals surface area contributed by atoms with E-state index in [-0.39, 0.29) is 5.75 Å². The van der Waals surface area contributed by atoms with Gasteiger partial charge in [0.15, 0.2) is 0 Å². The molecule has 2 rings (SSSR count). The van der Waals surface area contributed by atoms with E-state index in [4.69, 9.17) is 4.74 Å². The van der Waals surface area contributed by atoms with Gasteiger partial charge >= 0.3 is 6.18 Å². The Labute approximate surface area is 113 Å². The number of hydrogen-bond donors (Lipinski definition) is 1. The summed E-state index contributed by atoms with van der Waals surface area (Å²) in [4.78, 5) is 3.77. The molecule has 0 saturated heterocycles. The first-order valence-electron chi connectivity index (χ1n) is 5.90. The molecule has 0 unspecified atom stereocenters.